The second-order valence-corrected chi connectivity index (χ2v) is 3.07. The molecule has 0 aliphatic carbocycles. The van der Waals surface area contributed by atoms with E-state index in [0.717, 1.165) is 30.9 Å². The van der Waals surface area contributed by atoms with E-state index >= 15 is 0 Å². The highest BCUT2D eigenvalue weighted by Crippen LogP contribution is 2.09. The Morgan fingerprint density at radius 3 is 3.33 bits per heavy atom. The van der Waals surface area contributed by atoms with Gasteiger partial charge in [0.2, 0.25) is 5.65 Å². The van der Waals surface area contributed by atoms with Gasteiger partial charge in [-0.2, -0.15) is 0 Å². The van der Waals surface area contributed by atoms with Crippen molar-refractivity contribution in [3.8, 4) is 12.3 Å². The van der Waals surface area contributed by atoms with Gasteiger partial charge in [0.15, 0.2) is 5.82 Å². The number of hydrogen-bond acceptors (Lipinski definition) is 4. The van der Waals surface area contributed by atoms with Crippen LogP contribution in [-0.4, -0.2) is 26.1 Å². The molecular weight excluding hydrogens is 190 g/mol. The Hall–Kier alpha value is -2.09. The van der Waals surface area contributed by atoms with Crippen LogP contribution in [-0.2, 0) is 0 Å². The Labute approximate surface area is 87.6 Å². The molecule has 0 aromatic carbocycles. The van der Waals surface area contributed by atoms with Crippen LogP contribution in [0, 0.1) is 12.3 Å². The van der Waals surface area contributed by atoms with E-state index < -0.39 is 0 Å². The molecule has 0 saturated heterocycles. The van der Waals surface area contributed by atoms with Crippen molar-refractivity contribution in [1.82, 2.24) is 19.6 Å². The van der Waals surface area contributed by atoms with E-state index in [1.165, 1.54) is 0 Å². The molecule has 15 heavy (non-hydrogen) atoms. The van der Waals surface area contributed by atoms with E-state index in [0.29, 0.717) is 0 Å². The summed E-state index contributed by atoms with van der Waals surface area (Å²) in [5, 5.41) is 11.0. The van der Waals surface area contributed by atoms with Crippen LogP contribution in [0.3, 0.4) is 0 Å². The molecule has 0 saturated carbocycles. The van der Waals surface area contributed by atoms with Crippen molar-refractivity contribution in [3.05, 3.63) is 18.7 Å². The predicted octanol–water partition coefficient (Wildman–Crippen LogP) is 0.950. The van der Waals surface area contributed by atoms with E-state index in [2.05, 4.69) is 26.4 Å². The maximum absolute atomic E-state index is 5.16. The smallest absolute Gasteiger partial charge is 0.203 e. The first-order valence-corrected chi connectivity index (χ1v) is 4.73. The van der Waals surface area contributed by atoms with Crippen molar-refractivity contribution in [2.24, 2.45) is 0 Å². The van der Waals surface area contributed by atoms with Gasteiger partial charge in [-0.05, 0) is 6.42 Å². The summed E-state index contributed by atoms with van der Waals surface area (Å²) >= 11 is 0. The van der Waals surface area contributed by atoms with Gasteiger partial charge >= 0.3 is 0 Å². The van der Waals surface area contributed by atoms with E-state index in [-0.39, 0.29) is 0 Å². The second kappa shape index (κ2) is 4.42. The van der Waals surface area contributed by atoms with Gasteiger partial charge in [-0.25, -0.2) is 4.98 Å². The lowest BCUT2D eigenvalue weighted by molar-refractivity contribution is 0.899. The van der Waals surface area contributed by atoms with E-state index in [1.54, 1.807) is 12.5 Å². The van der Waals surface area contributed by atoms with Gasteiger partial charge in [0.25, 0.3) is 0 Å². The number of terminal acetylenes is 1. The van der Waals surface area contributed by atoms with Crippen molar-refractivity contribution >= 4 is 11.5 Å². The first kappa shape index (κ1) is 9.46. The van der Waals surface area contributed by atoms with Crippen LogP contribution < -0.4 is 5.32 Å². The number of aromatic nitrogens is 4. The summed E-state index contributed by atoms with van der Waals surface area (Å²) in [6.07, 6.45) is 12.0. The Bertz CT molecular complexity index is 482. The number of unbranched alkanes of at least 4 members (excludes halogenated alkanes) is 1. The molecule has 2 heterocycles. The molecule has 0 atom stereocenters. The Morgan fingerprint density at radius 1 is 1.53 bits per heavy atom. The summed E-state index contributed by atoms with van der Waals surface area (Å²) in [7, 11) is 0. The van der Waals surface area contributed by atoms with Gasteiger partial charge in [-0.1, -0.05) is 0 Å². The van der Waals surface area contributed by atoms with Gasteiger partial charge in [0, 0.05) is 25.4 Å². The fourth-order valence-electron chi connectivity index (χ4n) is 1.28. The second-order valence-electron chi connectivity index (χ2n) is 3.07. The number of rotatable bonds is 4. The monoisotopic (exact) mass is 201 g/mol. The Morgan fingerprint density at radius 2 is 2.47 bits per heavy atom. The topological polar surface area (TPSA) is 55.1 Å². The van der Waals surface area contributed by atoms with Gasteiger partial charge in [0.05, 0.1) is 0 Å². The minimum absolute atomic E-state index is 0.734. The van der Waals surface area contributed by atoms with Gasteiger partial charge in [-0.15, -0.1) is 22.5 Å². The summed E-state index contributed by atoms with van der Waals surface area (Å²) < 4.78 is 1.82. The third-order valence-corrected chi connectivity index (χ3v) is 2.01. The fraction of sp³-hybridized carbons (Fsp3) is 0.300. The third-order valence-electron chi connectivity index (χ3n) is 2.01. The molecule has 2 rings (SSSR count). The highest BCUT2D eigenvalue weighted by atomic mass is 15.2. The average Bonchev–Trinajstić information content (AvgIpc) is 2.73. The normalized spacial score (nSPS) is 10.1. The number of anilines is 1. The zero-order valence-electron chi connectivity index (χ0n) is 8.22. The van der Waals surface area contributed by atoms with Crippen molar-refractivity contribution in [3.63, 3.8) is 0 Å². The molecule has 5 nitrogen and oxygen atoms in total. The third kappa shape index (κ3) is 2.05. The quantitative estimate of drug-likeness (QED) is 0.591. The lowest BCUT2D eigenvalue weighted by Gasteiger charge is -2.04. The molecule has 0 bridgehead atoms. The minimum Gasteiger partial charge on any atom is -0.367 e. The highest BCUT2D eigenvalue weighted by Gasteiger charge is 2.02. The first-order valence-electron chi connectivity index (χ1n) is 4.73. The standard InChI is InChI=1S/C10H11N5/c1-2-3-4-5-11-9-10-14-13-8-15(10)7-6-12-9/h1,6-8H,3-5H2,(H,11,12). The molecule has 0 spiro atoms. The molecule has 2 aromatic rings. The molecule has 0 fully saturated rings. The molecule has 0 aliphatic heterocycles. The van der Waals surface area contributed by atoms with Gasteiger partial charge in [-0.3, -0.25) is 4.40 Å². The van der Waals surface area contributed by atoms with Crippen LogP contribution in [0.15, 0.2) is 18.7 Å². The molecule has 0 unspecified atom stereocenters. The highest BCUT2D eigenvalue weighted by molar-refractivity contribution is 5.61. The van der Waals surface area contributed by atoms with Gasteiger partial charge in [0.1, 0.15) is 6.33 Å². The molecule has 76 valence electrons. The molecular formula is C10H11N5. The average molecular weight is 201 g/mol. The van der Waals surface area contributed by atoms with Gasteiger partial charge < -0.3 is 5.32 Å². The maximum Gasteiger partial charge on any atom is 0.203 e. The van der Waals surface area contributed by atoms with E-state index in [9.17, 15) is 0 Å². The van der Waals surface area contributed by atoms with Crippen LogP contribution in [0.5, 0.6) is 0 Å². The molecule has 0 radical (unpaired) electrons. The zero-order chi connectivity index (χ0) is 10.5. The van der Waals surface area contributed by atoms with Crippen molar-refractivity contribution < 1.29 is 0 Å². The number of hydrogen-bond donors (Lipinski definition) is 1. The van der Waals surface area contributed by atoms with E-state index in [4.69, 9.17) is 6.42 Å². The van der Waals surface area contributed by atoms with Crippen molar-refractivity contribution in [2.75, 3.05) is 11.9 Å². The van der Waals surface area contributed by atoms with E-state index in [1.807, 2.05) is 10.6 Å². The number of fused-ring (bicyclic) bond motifs is 1. The van der Waals surface area contributed by atoms with Crippen LogP contribution in [0.4, 0.5) is 5.82 Å². The molecule has 5 heteroatoms. The zero-order valence-corrected chi connectivity index (χ0v) is 8.22. The number of nitrogens with zero attached hydrogens (tertiary/aromatic N) is 4. The lowest BCUT2D eigenvalue weighted by atomic mass is 10.3. The van der Waals surface area contributed by atoms with Crippen LogP contribution in [0.25, 0.3) is 5.65 Å². The fourth-order valence-corrected chi connectivity index (χ4v) is 1.28. The van der Waals surface area contributed by atoms with Crippen molar-refractivity contribution in [1.29, 1.82) is 0 Å². The summed E-state index contributed by atoms with van der Waals surface area (Å²) in [5.41, 5.74) is 0.734. The first-order chi connectivity index (χ1) is 7.42. The van der Waals surface area contributed by atoms with Crippen molar-refractivity contribution in [2.45, 2.75) is 12.8 Å². The summed E-state index contributed by atoms with van der Waals surface area (Å²) in [6.45, 7) is 0.795. The summed E-state index contributed by atoms with van der Waals surface area (Å²) in [4.78, 5) is 4.19. The summed E-state index contributed by atoms with van der Waals surface area (Å²) in [5.74, 6) is 3.34. The minimum atomic E-state index is 0.734. The molecule has 0 aliphatic rings. The van der Waals surface area contributed by atoms with Crippen LogP contribution in [0.1, 0.15) is 12.8 Å². The summed E-state index contributed by atoms with van der Waals surface area (Å²) in [6, 6.07) is 0. The Kier molecular flexibility index (Phi) is 2.79. The predicted molar refractivity (Wildman–Crippen MR) is 57.3 cm³/mol. The largest absolute Gasteiger partial charge is 0.367 e. The molecule has 1 N–H and O–H groups in total. The van der Waals surface area contributed by atoms with Crippen LogP contribution in [0.2, 0.25) is 0 Å². The maximum atomic E-state index is 5.16. The SMILES string of the molecule is C#CCCCNc1nccn2cnnc12. The number of nitrogens with one attached hydrogen (secondary N) is 1. The lowest BCUT2D eigenvalue weighted by Crippen LogP contribution is -2.04. The Balaban J connectivity index is 2.08. The van der Waals surface area contributed by atoms with Crippen LogP contribution >= 0.6 is 0 Å². The molecule has 0 amide bonds. The molecule has 2 aromatic heterocycles.